The lowest BCUT2D eigenvalue weighted by Gasteiger charge is -2.34. The molecule has 2 aliphatic rings. The highest BCUT2D eigenvalue weighted by Crippen LogP contribution is 2.28. The third-order valence-electron chi connectivity index (χ3n) is 4.93. The van der Waals surface area contributed by atoms with Gasteiger partial charge < -0.3 is 10.0 Å². The van der Waals surface area contributed by atoms with Crippen LogP contribution in [0.2, 0.25) is 0 Å². The van der Waals surface area contributed by atoms with Gasteiger partial charge in [0.1, 0.15) is 11.5 Å². The van der Waals surface area contributed by atoms with E-state index in [-0.39, 0.29) is 36.6 Å². The third kappa shape index (κ3) is 3.93. The Morgan fingerprint density at radius 3 is 2.65 bits per heavy atom. The lowest BCUT2D eigenvalue weighted by Crippen LogP contribution is -2.51. The van der Waals surface area contributed by atoms with E-state index in [0.29, 0.717) is 18.7 Å². The van der Waals surface area contributed by atoms with Crippen LogP contribution in [-0.2, 0) is 16.1 Å². The first-order valence-corrected chi connectivity index (χ1v) is 8.91. The molecule has 1 N–H and O–H groups in total. The van der Waals surface area contributed by atoms with Crippen molar-refractivity contribution in [3.8, 4) is 0 Å². The summed E-state index contributed by atoms with van der Waals surface area (Å²) in [4.78, 5) is 26.7. The van der Waals surface area contributed by atoms with Gasteiger partial charge in [0.2, 0.25) is 5.91 Å². The molecule has 0 aromatic heterocycles. The van der Waals surface area contributed by atoms with Crippen molar-refractivity contribution < 1.29 is 19.1 Å². The molecule has 0 aliphatic carbocycles. The number of rotatable bonds is 4. The summed E-state index contributed by atoms with van der Waals surface area (Å²) >= 11 is 0. The van der Waals surface area contributed by atoms with Gasteiger partial charge >= 0.3 is 0 Å². The molecular formula is C19H24FN3O3. The second-order valence-electron chi connectivity index (χ2n) is 7.43. The maximum atomic E-state index is 13.0. The van der Waals surface area contributed by atoms with Crippen molar-refractivity contribution in [2.45, 2.75) is 57.7 Å². The fraction of sp³-hybridized carbons (Fsp3) is 0.526. The Hall–Kier alpha value is -2.28. The van der Waals surface area contributed by atoms with Gasteiger partial charge in [-0.25, -0.2) is 9.40 Å². The molecule has 2 heterocycles. The predicted octanol–water partition coefficient (Wildman–Crippen LogP) is 2.07. The molecule has 0 bridgehead atoms. The number of carbonyl (C=O) groups is 2. The molecule has 140 valence electrons. The van der Waals surface area contributed by atoms with E-state index in [1.807, 2.05) is 0 Å². The van der Waals surface area contributed by atoms with E-state index in [2.05, 4.69) is 5.10 Å². The Balaban J connectivity index is 1.77. The smallest absolute Gasteiger partial charge is 0.270 e. The average molecular weight is 361 g/mol. The van der Waals surface area contributed by atoms with Gasteiger partial charge in [0.15, 0.2) is 0 Å². The van der Waals surface area contributed by atoms with E-state index in [1.54, 1.807) is 30.9 Å². The molecule has 0 saturated carbocycles. The molecule has 0 radical (unpaired) electrons. The first kappa shape index (κ1) is 18.5. The standard InChI is InChI=1S/C19H24FN3O3/c1-19(2,26)16-4-3-11-22(16)18(25)15-9-10-17(24)23(21-15)12-13-5-7-14(20)8-6-13/h5-8,16,26H,3-4,9-12H2,1-2H3/t16-/m1/s1. The Bertz CT molecular complexity index is 725. The van der Waals surface area contributed by atoms with E-state index in [9.17, 15) is 19.1 Å². The molecule has 1 saturated heterocycles. The lowest BCUT2D eigenvalue weighted by molar-refractivity contribution is -0.133. The van der Waals surface area contributed by atoms with Crippen molar-refractivity contribution in [1.29, 1.82) is 0 Å². The van der Waals surface area contributed by atoms with Crippen LogP contribution < -0.4 is 0 Å². The Labute approximate surface area is 152 Å². The third-order valence-corrected chi connectivity index (χ3v) is 4.93. The zero-order valence-corrected chi connectivity index (χ0v) is 15.1. The molecule has 7 heteroatoms. The summed E-state index contributed by atoms with van der Waals surface area (Å²) in [6, 6.07) is 5.61. The largest absolute Gasteiger partial charge is 0.388 e. The first-order valence-electron chi connectivity index (χ1n) is 8.91. The molecular weight excluding hydrogens is 337 g/mol. The van der Waals surface area contributed by atoms with E-state index < -0.39 is 5.60 Å². The molecule has 26 heavy (non-hydrogen) atoms. The number of likely N-dealkylation sites (tertiary alicyclic amines) is 1. The van der Waals surface area contributed by atoms with E-state index in [1.165, 1.54) is 17.1 Å². The molecule has 1 aromatic carbocycles. The van der Waals surface area contributed by atoms with Crippen LogP contribution in [0, 0.1) is 5.82 Å². The minimum Gasteiger partial charge on any atom is -0.388 e. The van der Waals surface area contributed by atoms with Crippen LogP contribution in [0.15, 0.2) is 29.4 Å². The summed E-state index contributed by atoms with van der Waals surface area (Å²) in [5.74, 6) is -0.720. The molecule has 1 fully saturated rings. The SMILES string of the molecule is CC(C)(O)[C@H]1CCCN1C(=O)C1=NN(Cc2ccc(F)cc2)C(=O)CC1. The van der Waals surface area contributed by atoms with Crippen LogP contribution in [0.25, 0.3) is 0 Å². The number of amides is 2. The fourth-order valence-electron chi connectivity index (χ4n) is 3.55. The molecule has 0 spiro atoms. The van der Waals surface area contributed by atoms with Crippen molar-refractivity contribution in [3.63, 3.8) is 0 Å². The second kappa shape index (κ2) is 7.15. The van der Waals surface area contributed by atoms with Gasteiger partial charge in [-0.2, -0.15) is 5.10 Å². The number of carbonyl (C=O) groups excluding carboxylic acids is 2. The van der Waals surface area contributed by atoms with Gasteiger partial charge in [-0.3, -0.25) is 9.59 Å². The molecule has 6 nitrogen and oxygen atoms in total. The average Bonchev–Trinajstić information content (AvgIpc) is 3.08. The van der Waals surface area contributed by atoms with Gasteiger partial charge in [0, 0.05) is 19.4 Å². The zero-order valence-electron chi connectivity index (χ0n) is 15.1. The highest BCUT2D eigenvalue weighted by Gasteiger charge is 2.40. The summed E-state index contributed by atoms with van der Waals surface area (Å²) in [6.07, 6.45) is 2.10. The van der Waals surface area contributed by atoms with Crippen molar-refractivity contribution in [2.75, 3.05) is 6.54 Å². The van der Waals surface area contributed by atoms with Crippen molar-refractivity contribution in [2.24, 2.45) is 5.10 Å². The van der Waals surface area contributed by atoms with E-state index >= 15 is 0 Å². The molecule has 0 unspecified atom stereocenters. The minimum atomic E-state index is -0.981. The Morgan fingerprint density at radius 2 is 2.00 bits per heavy atom. The Kier molecular flexibility index (Phi) is 5.09. The number of halogens is 1. The summed E-state index contributed by atoms with van der Waals surface area (Å²) in [5.41, 5.74) is 0.0981. The predicted molar refractivity (Wildman–Crippen MR) is 94.7 cm³/mol. The summed E-state index contributed by atoms with van der Waals surface area (Å²) in [6.45, 7) is 4.19. The highest BCUT2D eigenvalue weighted by atomic mass is 19.1. The van der Waals surface area contributed by atoms with Crippen molar-refractivity contribution in [3.05, 3.63) is 35.6 Å². The van der Waals surface area contributed by atoms with Crippen LogP contribution in [0.3, 0.4) is 0 Å². The molecule has 2 aliphatic heterocycles. The van der Waals surface area contributed by atoms with E-state index in [4.69, 9.17) is 0 Å². The lowest BCUT2D eigenvalue weighted by atomic mass is 9.96. The molecule has 2 amide bonds. The number of hydrogen-bond donors (Lipinski definition) is 1. The quantitative estimate of drug-likeness (QED) is 0.892. The Morgan fingerprint density at radius 1 is 1.31 bits per heavy atom. The number of hydrazone groups is 1. The summed E-state index contributed by atoms with van der Waals surface area (Å²) in [5, 5.41) is 15.9. The topological polar surface area (TPSA) is 73.2 Å². The number of nitrogens with zero attached hydrogens (tertiary/aromatic N) is 3. The number of hydrogen-bond acceptors (Lipinski definition) is 4. The summed E-state index contributed by atoms with van der Waals surface area (Å²) in [7, 11) is 0. The van der Waals surface area contributed by atoms with Crippen molar-refractivity contribution in [1.82, 2.24) is 9.91 Å². The summed E-state index contributed by atoms with van der Waals surface area (Å²) < 4.78 is 13.0. The van der Waals surface area contributed by atoms with Crippen LogP contribution in [-0.4, -0.2) is 50.7 Å². The van der Waals surface area contributed by atoms with E-state index in [0.717, 1.165) is 18.4 Å². The van der Waals surface area contributed by atoms with Gasteiger partial charge in [-0.1, -0.05) is 12.1 Å². The first-order chi connectivity index (χ1) is 12.3. The van der Waals surface area contributed by atoms with Crippen LogP contribution in [0.4, 0.5) is 4.39 Å². The number of aliphatic hydroxyl groups is 1. The van der Waals surface area contributed by atoms with Gasteiger partial charge in [-0.05, 0) is 44.4 Å². The fourth-order valence-corrected chi connectivity index (χ4v) is 3.55. The van der Waals surface area contributed by atoms with Crippen molar-refractivity contribution >= 4 is 17.5 Å². The van der Waals surface area contributed by atoms with Gasteiger partial charge in [0.25, 0.3) is 5.91 Å². The molecule has 1 aromatic rings. The monoisotopic (exact) mass is 361 g/mol. The molecule has 3 rings (SSSR count). The maximum absolute atomic E-state index is 13.0. The molecule has 1 atom stereocenters. The zero-order chi connectivity index (χ0) is 18.9. The highest BCUT2D eigenvalue weighted by molar-refractivity contribution is 6.39. The van der Waals surface area contributed by atoms with Crippen LogP contribution in [0.1, 0.15) is 45.1 Å². The van der Waals surface area contributed by atoms with Gasteiger partial charge in [0.05, 0.1) is 18.2 Å². The van der Waals surface area contributed by atoms with Crippen LogP contribution >= 0.6 is 0 Å². The minimum absolute atomic E-state index is 0.161. The van der Waals surface area contributed by atoms with Crippen LogP contribution in [0.5, 0.6) is 0 Å². The van der Waals surface area contributed by atoms with Gasteiger partial charge in [-0.15, -0.1) is 0 Å². The maximum Gasteiger partial charge on any atom is 0.270 e. The number of benzene rings is 1. The second-order valence-corrected chi connectivity index (χ2v) is 7.43. The normalized spacial score (nSPS) is 21.2.